The summed E-state index contributed by atoms with van der Waals surface area (Å²) in [6.45, 7) is 4.29. The predicted octanol–water partition coefficient (Wildman–Crippen LogP) is 1.50. The van der Waals surface area contributed by atoms with Crippen LogP contribution in [0.15, 0.2) is 0 Å². The molecule has 0 aromatic heterocycles. The number of rotatable bonds is 3. The van der Waals surface area contributed by atoms with Crippen LogP contribution in [0.3, 0.4) is 0 Å². The molecule has 4 nitrogen and oxygen atoms in total. The Morgan fingerprint density at radius 2 is 1.58 bits per heavy atom. The highest BCUT2D eigenvalue weighted by Crippen LogP contribution is 2.32. The van der Waals surface area contributed by atoms with Crippen molar-refractivity contribution >= 4 is 5.91 Å². The molecule has 0 unspecified atom stereocenters. The number of hydrogen-bond acceptors (Lipinski definition) is 3. The highest BCUT2D eigenvalue weighted by Gasteiger charge is 2.36. The fraction of sp³-hybridized carbons (Fsp3) is 0.933. The molecule has 2 saturated heterocycles. The molecule has 0 aromatic carbocycles. The van der Waals surface area contributed by atoms with Gasteiger partial charge in [-0.05, 0) is 38.5 Å². The molecule has 2 heterocycles. The molecule has 0 N–H and O–H groups in total. The topological polar surface area (TPSA) is 32.8 Å². The van der Waals surface area contributed by atoms with E-state index in [9.17, 15) is 4.79 Å². The lowest BCUT2D eigenvalue weighted by Crippen LogP contribution is -2.50. The van der Waals surface area contributed by atoms with Crippen molar-refractivity contribution in [2.45, 2.75) is 50.7 Å². The summed E-state index contributed by atoms with van der Waals surface area (Å²) in [6, 6.07) is 0.695. The van der Waals surface area contributed by atoms with Crippen LogP contribution in [0.4, 0.5) is 0 Å². The number of methoxy groups -OCH3 is 1. The Balaban J connectivity index is 1.43. The zero-order chi connectivity index (χ0) is 13.2. The number of hydrogen-bond donors (Lipinski definition) is 0. The molecular formula is C15H26N2O2. The van der Waals surface area contributed by atoms with E-state index in [4.69, 9.17) is 4.74 Å². The van der Waals surface area contributed by atoms with Crippen molar-refractivity contribution in [1.82, 2.24) is 9.80 Å². The number of nitrogens with zero attached hydrogens (tertiary/aromatic N) is 2. The second-order valence-corrected chi connectivity index (χ2v) is 6.30. The first-order valence-corrected chi connectivity index (χ1v) is 7.83. The number of piperidine rings is 2. The summed E-state index contributed by atoms with van der Waals surface area (Å²) in [7, 11) is 1.82. The van der Waals surface area contributed by atoms with E-state index in [1.165, 1.54) is 13.1 Å². The Morgan fingerprint density at radius 3 is 2.11 bits per heavy atom. The minimum atomic E-state index is 0.383. The molecule has 0 atom stereocenters. The Bertz CT molecular complexity index is 314. The van der Waals surface area contributed by atoms with Crippen molar-refractivity contribution in [3.05, 3.63) is 0 Å². The van der Waals surface area contributed by atoms with Gasteiger partial charge in [0.1, 0.15) is 0 Å². The van der Waals surface area contributed by atoms with Crippen LogP contribution in [0.2, 0.25) is 0 Å². The Hall–Kier alpha value is -0.610. The summed E-state index contributed by atoms with van der Waals surface area (Å²) in [6.07, 6.45) is 7.38. The first kappa shape index (κ1) is 13.4. The van der Waals surface area contributed by atoms with Crippen molar-refractivity contribution < 1.29 is 9.53 Å². The molecular weight excluding hydrogens is 240 g/mol. The first-order valence-electron chi connectivity index (χ1n) is 7.83. The zero-order valence-electron chi connectivity index (χ0n) is 12.0. The van der Waals surface area contributed by atoms with Gasteiger partial charge in [0, 0.05) is 45.2 Å². The van der Waals surface area contributed by atoms with Crippen LogP contribution >= 0.6 is 0 Å². The van der Waals surface area contributed by atoms with E-state index in [-0.39, 0.29) is 0 Å². The van der Waals surface area contributed by atoms with Gasteiger partial charge >= 0.3 is 0 Å². The second kappa shape index (κ2) is 5.80. The monoisotopic (exact) mass is 266 g/mol. The summed E-state index contributed by atoms with van der Waals surface area (Å²) in [5.74, 6) is 0.811. The molecule has 0 radical (unpaired) electrons. The molecule has 0 bridgehead atoms. The Labute approximate surface area is 116 Å². The van der Waals surface area contributed by atoms with E-state index >= 15 is 0 Å². The van der Waals surface area contributed by atoms with Crippen molar-refractivity contribution in [1.29, 1.82) is 0 Å². The fourth-order valence-corrected chi connectivity index (χ4v) is 3.52. The minimum absolute atomic E-state index is 0.383. The zero-order valence-corrected chi connectivity index (χ0v) is 12.0. The normalized spacial score (nSPS) is 27.7. The number of carbonyl (C=O) groups is 1. The lowest BCUT2D eigenvalue weighted by Gasteiger charge is -2.41. The van der Waals surface area contributed by atoms with Crippen LogP contribution in [-0.2, 0) is 9.53 Å². The Kier molecular flexibility index (Phi) is 4.08. The summed E-state index contributed by atoms with van der Waals surface area (Å²) < 4.78 is 5.43. The molecule has 3 fully saturated rings. The minimum Gasteiger partial charge on any atom is -0.381 e. The largest absolute Gasteiger partial charge is 0.381 e. The van der Waals surface area contributed by atoms with Crippen LogP contribution in [0, 0.1) is 5.92 Å². The quantitative estimate of drug-likeness (QED) is 0.776. The average molecular weight is 266 g/mol. The van der Waals surface area contributed by atoms with E-state index in [1.54, 1.807) is 0 Å². The molecule has 2 aliphatic heterocycles. The van der Waals surface area contributed by atoms with Crippen LogP contribution in [0.25, 0.3) is 0 Å². The van der Waals surface area contributed by atoms with E-state index in [2.05, 4.69) is 9.80 Å². The number of carbonyl (C=O) groups excluding carboxylic acids is 1. The maximum atomic E-state index is 12.0. The molecule has 19 heavy (non-hydrogen) atoms. The highest BCUT2D eigenvalue weighted by molar-refractivity contribution is 5.81. The lowest BCUT2D eigenvalue weighted by molar-refractivity contribution is -0.134. The van der Waals surface area contributed by atoms with Crippen LogP contribution in [0.5, 0.6) is 0 Å². The molecule has 108 valence electrons. The third kappa shape index (κ3) is 3.11. The van der Waals surface area contributed by atoms with Gasteiger partial charge in [-0.15, -0.1) is 0 Å². The van der Waals surface area contributed by atoms with Gasteiger partial charge in [0.2, 0.25) is 5.91 Å². The number of likely N-dealkylation sites (tertiary alicyclic amines) is 2. The van der Waals surface area contributed by atoms with Crippen molar-refractivity contribution in [3.63, 3.8) is 0 Å². The third-order valence-electron chi connectivity index (χ3n) is 5.03. The number of amides is 1. The molecule has 3 rings (SSSR count). The maximum absolute atomic E-state index is 12.0. The smallest absolute Gasteiger partial charge is 0.225 e. The third-order valence-corrected chi connectivity index (χ3v) is 5.03. The Morgan fingerprint density at radius 1 is 0.947 bits per heavy atom. The molecule has 1 aliphatic carbocycles. The van der Waals surface area contributed by atoms with Gasteiger partial charge in [0.25, 0.3) is 0 Å². The van der Waals surface area contributed by atoms with Gasteiger partial charge in [-0.1, -0.05) is 0 Å². The fourth-order valence-electron chi connectivity index (χ4n) is 3.52. The predicted molar refractivity (Wildman–Crippen MR) is 73.9 cm³/mol. The van der Waals surface area contributed by atoms with Gasteiger partial charge in [-0.2, -0.15) is 0 Å². The van der Waals surface area contributed by atoms with Crippen molar-refractivity contribution in [3.8, 4) is 0 Å². The van der Waals surface area contributed by atoms with E-state index < -0.39 is 0 Å². The van der Waals surface area contributed by atoms with Crippen LogP contribution in [0.1, 0.15) is 38.5 Å². The summed E-state index contributed by atoms with van der Waals surface area (Å²) >= 11 is 0. The van der Waals surface area contributed by atoms with Gasteiger partial charge in [-0.25, -0.2) is 0 Å². The van der Waals surface area contributed by atoms with E-state index in [1.807, 2.05) is 7.11 Å². The van der Waals surface area contributed by atoms with Gasteiger partial charge in [0.05, 0.1) is 6.10 Å². The van der Waals surface area contributed by atoms with Gasteiger partial charge in [0.15, 0.2) is 0 Å². The van der Waals surface area contributed by atoms with Crippen molar-refractivity contribution in [2.75, 3.05) is 33.3 Å². The average Bonchev–Trinajstić information content (AvgIpc) is 3.31. The summed E-state index contributed by atoms with van der Waals surface area (Å²) in [5, 5.41) is 0. The highest BCUT2D eigenvalue weighted by atomic mass is 16.5. The molecule has 0 spiro atoms. The standard InChI is InChI=1S/C15H26N2O2/c1-19-14-6-10-16(11-7-14)13-4-8-17(9-5-13)15(18)12-2-3-12/h12-14H,2-11H2,1H3. The summed E-state index contributed by atoms with van der Waals surface area (Å²) in [4.78, 5) is 16.7. The lowest BCUT2D eigenvalue weighted by atomic mass is 9.98. The van der Waals surface area contributed by atoms with E-state index in [0.717, 1.165) is 51.6 Å². The van der Waals surface area contributed by atoms with E-state index in [0.29, 0.717) is 24.0 Å². The molecule has 1 amide bonds. The molecule has 4 heteroatoms. The second-order valence-electron chi connectivity index (χ2n) is 6.30. The van der Waals surface area contributed by atoms with Crippen LogP contribution < -0.4 is 0 Å². The van der Waals surface area contributed by atoms with Crippen molar-refractivity contribution in [2.24, 2.45) is 5.92 Å². The van der Waals surface area contributed by atoms with Crippen LogP contribution in [-0.4, -0.2) is 61.1 Å². The molecule has 0 aromatic rings. The maximum Gasteiger partial charge on any atom is 0.225 e. The van der Waals surface area contributed by atoms with Gasteiger partial charge < -0.3 is 14.5 Å². The molecule has 3 aliphatic rings. The van der Waals surface area contributed by atoms with Gasteiger partial charge in [-0.3, -0.25) is 4.79 Å². The first-order chi connectivity index (χ1) is 9.28. The SMILES string of the molecule is COC1CCN(C2CCN(C(=O)C3CC3)CC2)CC1. The molecule has 1 saturated carbocycles. The summed E-state index contributed by atoms with van der Waals surface area (Å²) in [5.41, 5.74) is 0. The number of ether oxygens (including phenoxy) is 1.